The van der Waals surface area contributed by atoms with Crippen LogP contribution in [0.15, 0.2) is 42.5 Å². The van der Waals surface area contributed by atoms with Gasteiger partial charge in [0, 0.05) is 0 Å². The Balaban J connectivity index is 2.01. The van der Waals surface area contributed by atoms with Crippen LogP contribution < -0.4 is 9.64 Å². The molecule has 0 aromatic heterocycles. The van der Waals surface area contributed by atoms with Crippen molar-refractivity contribution in [2.24, 2.45) is 0 Å². The van der Waals surface area contributed by atoms with Gasteiger partial charge < -0.3 is 9.84 Å². The number of amides is 2. The molecule has 1 aliphatic heterocycles. The number of aromatic carboxylic acids is 1. The van der Waals surface area contributed by atoms with Crippen molar-refractivity contribution in [2.75, 3.05) is 12.0 Å². The number of nitrogens with zero attached hydrogens (tertiary/aromatic N) is 1. The van der Waals surface area contributed by atoms with E-state index in [4.69, 9.17) is 9.84 Å². The summed E-state index contributed by atoms with van der Waals surface area (Å²) in [7, 11) is 1.48. The third-order valence-corrected chi connectivity index (χ3v) is 3.47. The molecular weight excluding hydrogens is 286 g/mol. The van der Waals surface area contributed by atoms with Gasteiger partial charge in [0.1, 0.15) is 5.75 Å². The van der Waals surface area contributed by atoms with E-state index in [1.807, 2.05) is 0 Å². The van der Waals surface area contributed by atoms with Gasteiger partial charge in [0.2, 0.25) is 0 Å². The van der Waals surface area contributed by atoms with Gasteiger partial charge in [-0.2, -0.15) is 0 Å². The monoisotopic (exact) mass is 297 g/mol. The van der Waals surface area contributed by atoms with Crippen LogP contribution in [-0.2, 0) is 0 Å². The lowest BCUT2D eigenvalue weighted by molar-refractivity contribution is 0.0696. The molecule has 6 nitrogen and oxygen atoms in total. The minimum absolute atomic E-state index is 0.0852. The van der Waals surface area contributed by atoms with Crippen LogP contribution in [0, 0.1) is 0 Å². The number of carbonyl (C=O) groups excluding carboxylic acids is 2. The molecule has 0 spiro atoms. The number of carbonyl (C=O) groups is 3. The number of carboxylic acid groups (broad SMARTS) is 1. The highest BCUT2D eigenvalue weighted by Crippen LogP contribution is 2.30. The smallest absolute Gasteiger partial charge is 0.335 e. The summed E-state index contributed by atoms with van der Waals surface area (Å²) in [6.45, 7) is 0. The molecule has 1 N–H and O–H groups in total. The first-order chi connectivity index (χ1) is 10.5. The van der Waals surface area contributed by atoms with E-state index in [0.717, 1.165) is 4.90 Å². The van der Waals surface area contributed by atoms with Gasteiger partial charge in [-0.3, -0.25) is 9.59 Å². The SMILES string of the molecule is COc1ccc2c(c1)C(=O)N(c1ccc(C(=O)O)cc1)C2=O. The van der Waals surface area contributed by atoms with Gasteiger partial charge in [0.05, 0.1) is 29.5 Å². The third-order valence-electron chi connectivity index (χ3n) is 3.47. The standard InChI is InChI=1S/C16H11NO5/c1-22-11-6-7-12-13(8-11)15(19)17(14(12)18)10-4-2-9(3-5-10)16(20)21/h2-8H,1H3,(H,20,21). The van der Waals surface area contributed by atoms with Gasteiger partial charge >= 0.3 is 5.97 Å². The maximum Gasteiger partial charge on any atom is 0.335 e. The van der Waals surface area contributed by atoms with Crippen molar-refractivity contribution in [1.29, 1.82) is 0 Å². The fourth-order valence-corrected chi connectivity index (χ4v) is 2.33. The Hall–Kier alpha value is -3.15. The van der Waals surface area contributed by atoms with Crippen LogP contribution in [0.25, 0.3) is 0 Å². The number of imide groups is 1. The average molecular weight is 297 g/mol. The molecule has 0 aliphatic carbocycles. The van der Waals surface area contributed by atoms with Crippen LogP contribution in [0.1, 0.15) is 31.1 Å². The van der Waals surface area contributed by atoms with Crippen molar-refractivity contribution in [3.05, 3.63) is 59.2 Å². The van der Waals surface area contributed by atoms with Crippen molar-refractivity contribution >= 4 is 23.5 Å². The maximum absolute atomic E-state index is 12.4. The van der Waals surface area contributed by atoms with Crippen molar-refractivity contribution in [2.45, 2.75) is 0 Å². The molecule has 1 aliphatic rings. The van der Waals surface area contributed by atoms with Crippen LogP contribution in [0.4, 0.5) is 5.69 Å². The summed E-state index contributed by atoms with van der Waals surface area (Å²) in [6, 6.07) is 10.2. The summed E-state index contributed by atoms with van der Waals surface area (Å²) >= 11 is 0. The third kappa shape index (κ3) is 2.01. The van der Waals surface area contributed by atoms with Crippen LogP contribution in [0.3, 0.4) is 0 Å². The number of methoxy groups -OCH3 is 1. The number of fused-ring (bicyclic) bond motifs is 1. The molecule has 0 saturated carbocycles. The normalized spacial score (nSPS) is 13.2. The van der Waals surface area contributed by atoms with Gasteiger partial charge in [-0.15, -0.1) is 0 Å². The van der Waals surface area contributed by atoms with E-state index in [1.165, 1.54) is 37.4 Å². The second-order valence-electron chi connectivity index (χ2n) is 4.71. The largest absolute Gasteiger partial charge is 0.497 e. The van der Waals surface area contributed by atoms with Gasteiger partial charge in [-0.1, -0.05) is 0 Å². The van der Waals surface area contributed by atoms with Gasteiger partial charge in [-0.25, -0.2) is 9.69 Å². The Labute approximate surface area is 125 Å². The number of benzene rings is 2. The van der Waals surface area contributed by atoms with Crippen LogP contribution in [-0.4, -0.2) is 30.0 Å². The Morgan fingerprint density at radius 2 is 1.64 bits per heavy atom. The van der Waals surface area contributed by atoms with E-state index in [0.29, 0.717) is 17.0 Å². The molecule has 0 unspecified atom stereocenters. The molecule has 1 heterocycles. The summed E-state index contributed by atoms with van der Waals surface area (Å²) in [5.41, 5.74) is 0.983. The highest BCUT2D eigenvalue weighted by atomic mass is 16.5. The zero-order valence-electron chi connectivity index (χ0n) is 11.6. The lowest BCUT2D eigenvalue weighted by Crippen LogP contribution is -2.29. The average Bonchev–Trinajstić information content (AvgIpc) is 2.78. The Bertz CT molecular complexity index is 795. The molecule has 0 radical (unpaired) electrons. The number of ether oxygens (including phenoxy) is 1. The first kappa shape index (κ1) is 13.8. The summed E-state index contributed by atoms with van der Waals surface area (Å²) in [5.74, 6) is -1.48. The topological polar surface area (TPSA) is 83.9 Å². The molecule has 0 saturated heterocycles. The minimum atomic E-state index is -1.07. The Morgan fingerprint density at radius 1 is 1.00 bits per heavy atom. The molecule has 2 aromatic carbocycles. The summed E-state index contributed by atoms with van der Waals surface area (Å²) in [6.07, 6.45) is 0. The van der Waals surface area contributed by atoms with Gasteiger partial charge in [0.25, 0.3) is 11.8 Å². The highest BCUT2D eigenvalue weighted by molar-refractivity contribution is 6.34. The Kier molecular flexibility index (Phi) is 3.14. The first-order valence-corrected chi connectivity index (χ1v) is 6.43. The van der Waals surface area contributed by atoms with Gasteiger partial charge in [0.15, 0.2) is 0 Å². The van der Waals surface area contributed by atoms with E-state index in [-0.39, 0.29) is 11.1 Å². The summed E-state index contributed by atoms with van der Waals surface area (Å²) < 4.78 is 5.06. The first-order valence-electron chi connectivity index (χ1n) is 6.43. The predicted molar refractivity (Wildman–Crippen MR) is 77.5 cm³/mol. The molecule has 6 heteroatoms. The van der Waals surface area contributed by atoms with Crippen LogP contribution in [0.2, 0.25) is 0 Å². The van der Waals surface area contributed by atoms with E-state index in [2.05, 4.69) is 0 Å². The lowest BCUT2D eigenvalue weighted by atomic mass is 10.1. The van der Waals surface area contributed by atoms with E-state index in [9.17, 15) is 14.4 Å². The molecule has 0 atom stereocenters. The highest BCUT2D eigenvalue weighted by Gasteiger charge is 2.36. The van der Waals surface area contributed by atoms with Crippen molar-refractivity contribution in [3.8, 4) is 5.75 Å². The molecular formula is C16H11NO5. The summed E-state index contributed by atoms with van der Waals surface area (Å²) in [5, 5.41) is 8.88. The van der Waals surface area contributed by atoms with Crippen LogP contribution in [0.5, 0.6) is 5.75 Å². The number of hydrogen-bond acceptors (Lipinski definition) is 4. The summed E-state index contributed by atoms with van der Waals surface area (Å²) in [4.78, 5) is 36.7. The van der Waals surface area contributed by atoms with E-state index >= 15 is 0 Å². The van der Waals surface area contributed by atoms with E-state index in [1.54, 1.807) is 12.1 Å². The molecule has 3 rings (SSSR count). The molecule has 2 amide bonds. The quantitative estimate of drug-likeness (QED) is 0.878. The number of rotatable bonds is 3. The fourth-order valence-electron chi connectivity index (χ4n) is 2.33. The van der Waals surface area contributed by atoms with Crippen LogP contribution >= 0.6 is 0 Å². The van der Waals surface area contributed by atoms with Crippen molar-refractivity contribution < 1.29 is 24.2 Å². The second kappa shape index (κ2) is 5.00. The second-order valence-corrected chi connectivity index (χ2v) is 4.71. The van der Waals surface area contributed by atoms with Crippen molar-refractivity contribution in [1.82, 2.24) is 0 Å². The van der Waals surface area contributed by atoms with Crippen molar-refractivity contribution in [3.63, 3.8) is 0 Å². The lowest BCUT2D eigenvalue weighted by Gasteiger charge is -2.13. The van der Waals surface area contributed by atoms with Gasteiger partial charge in [-0.05, 0) is 42.5 Å². The Morgan fingerprint density at radius 3 is 2.23 bits per heavy atom. The van der Waals surface area contributed by atoms with E-state index < -0.39 is 17.8 Å². The molecule has 110 valence electrons. The number of hydrogen-bond donors (Lipinski definition) is 1. The zero-order chi connectivity index (χ0) is 15.9. The molecule has 0 bridgehead atoms. The molecule has 2 aromatic rings. The maximum atomic E-state index is 12.4. The molecule has 0 fully saturated rings. The zero-order valence-corrected chi connectivity index (χ0v) is 11.6. The predicted octanol–water partition coefficient (Wildman–Crippen LogP) is 2.19. The minimum Gasteiger partial charge on any atom is -0.497 e. The number of carboxylic acids is 1. The number of anilines is 1. The molecule has 22 heavy (non-hydrogen) atoms. The fraction of sp³-hybridized carbons (Fsp3) is 0.0625.